The Morgan fingerprint density at radius 3 is 2.37 bits per heavy atom. The molecular weight excluding hydrogens is 234 g/mol. The summed E-state index contributed by atoms with van der Waals surface area (Å²) >= 11 is 0. The van der Waals surface area contributed by atoms with E-state index in [0.717, 1.165) is 30.9 Å². The molecule has 1 aromatic rings. The van der Waals surface area contributed by atoms with E-state index in [9.17, 15) is 0 Å². The van der Waals surface area contributed by atoms with Gasteiger partial charge in [-0.2, -0.15) is 0 Å². The van der Waals surface area contributed by atoms with E-state index in [1.165, 1.54) is 6.42 Å². The highest BCUT2D eigenvalue weighted by Crippen LogP contribution is 2.31. The number of hydrogen-bond donors (Lipinski definition) is 1. The smallest absolute Gasteiger partial charge is 0.121 e. The summed E-state index contributed by atoms with van der Waals surface area (Å²) in [6, 6.07) is 4.59. The molecule has 1 heterocycles. The van der Waals surface area contributed by atoms with Gasteiger partial charge in [0.05, 0.1) is 6.04 Å². The Hall–Kier alpha value is -0.760. The molecule has 2 atom stereocenters. The Balaban J connectivity index is 2.67. The van der Waals surface area contributed by atoms with Gasteiger partial charge >= 0.3 is 0 Å². The summed E-state index contributed by atoms with van der Waals surface area (Å²) in [5.74, 6) is 2.88. The van der Waals surface area contributed by atoms with Gasteiger partial charge in [0, 0.05) is 6.42 Å². The van der Waals surface area contributed by atoms with Crippen LogP contribution in [-0.4, -0.2) is 6.54 Å². The summed E-state index contributed by atoms with van der Waals surface area (Å²) in [7, 11) is 0. The monoisotopic (exact) mass is 265 g/mol. The summed E-state index contributed by atoms with van der Waals surface area (Å²) in [6.45, 7) is 14.6. The van der Waals surface area contributed by atoms with Crippen molar-refractivity contribution >= 4 is 0 Å². The normalized spacial score (nSPS) is 15.5. The van der Waals surface area contributed by atoms with Gasteiger partial charge in [-0.3, -0.25) is 0 Å². The molecule has 2 heteroatoms. The first-order valence-electron chi connectivity index (χ1n) is 7.67. The summed E-state index contributed by atoms with van der Waals surface area (Å²) in [5, 5.41) is 3.56. The lowest BCUT2D eigenvalue weighted by Crippen LogP contribution is -2.24. The third-order valence-electron chi connectivity index (χ3n) is 3.42. The van der Waals surface area contributed by atoms with Crippen LogP contribution < -0.4 is 5.32 Å². The lowest BCUT2D eigenvalue weighted by Gasteiger charge is -2.26. The van der Waals surface area contributed by atoms with Crippen molar-refractivity contribution < 1.29 is 4.42 Å². The molecule has 19 heavy (non-hydrogen) atoms. The quantitative estimate of drug-likeness (QED) is 0.754. The molecular formula is C17H31NO. The molecule has 2 nitrogen and oxygen atoms in total. The maximum absolute atomic E-state index is 5.92. The van der Waals surface area contributed by atoms with E-state index in [-0.39, 0.29) is 0 Å². The first-order chi connectivity index (χ1) is 8.85. The lowest BCUT2D eigenvalue weighted by molar-refractivity contribution is 0.264. The Morgan fingerprint density at radius 1 is 1.21 bits per heavy atom. The summed E-state index contributed by atoms with van der Waals surface area (Å²) < 4.78 is 5.92. The van der Waals surface area contributed by atoms with Crippen LogP contribution in [0.3, 0.4) is 0 Å². The highest BCUT2D eigenvalue weighted by Gasteiger charge is 2.21. The van der Waals surface area contributed by atoms with Gasteiger partial charge in [0.25, 0.3) is 0 Å². The van der Waals surface area contributed by atoms with Gasteiger partial charge in [-0.1, -0.05) is 41.5 Å². The Morgan fingerprint density at radius 2 is 1.89 bits per heavy atom. The molecule has 0 spiro atoms. The molecule has 1 aromatic heterocycles. The number of nitrogens with one attached hydrogen (secondary N) is 1. The predicted molar refractivity (Wildman–Crippen MR) is 82.4 cm³/mol. The first kappa shape index (κ1) is 16.3. The zero-order valence-corrected chi connectivity index (χ0v) is 13.5. The maximum Gasteiger partial charge on any atom is 0.121 e. The van der Waals surface area contributed by atoms with Gasteiger partial charge in [-0.25, -0.2) is 0 Å². The van der Waals surface area contributed by atoms with Gasteiger partial charge in [-0.15, -0.1) is 0 Å². The summed E-state index contributed by atoms with van der Waals surface area (Å²) in [5.41, 5.74) is 0.397. The van der Waals surface area contributed by atoms with Crippen molar-refractivity contribution in [2.75, 3.05) is 6.54 Å². The lowest BCUT2D eigenvalue weighted by atomic mass is 9.82. The first-order valence-corrected chi connectivity index (χ1v) is 7.67. The van der Waals surface area contributed by atoms with Crippen LogP contribution in [0, 0.1) is 11.3 Å². The highest BCUT2D eigenvalue weighted by molar-refractivity contribution is 5.11. The van der Waals surface area contributed by atoms with Crippen LogP contribution in [0.4, 0.5) is 0 Å². The molecule has 1 N–H and O–H groups in total. The van der Waals surface area contributed by atoms with Gasteiger partial charge in [0.2, 0.25) is 0 Å². The van der Waals surface area contributed by atoms with E-state index in [2.05, 4.69) is 59.0 Å². The van der Waals surface area contributed by atoms with Gasteiger partial charge < -0.3 is 9.73 Å². The van der Waals surface area contributed by atoms with Crippen LogP contribution in [-0.2, 0) is 6.42 Å². The molecule has 0 saturated heterocycles. The average molecular weight is 265 g/mol. The molecule has 0 amide bonds. The van der Waals surface area contributed by atoms with E-state index < -0.39 is 0 Å². The van der Waals surface area contributed by atoms with Gasteiger partial charge in [0.15, 0.2) is 0 Å². The third kappa shape index (κ3) is 5.82. The number of aryl methyl sites for hydroxylation is 1. The highest BCUT2D eigenvalue weighted by atomic mass is 16.3. The fourth-order valence-electron chi connectivity index (χ4n) is 2.85. The molecule has 0 aromatic carbocycles. The second kappa shape index (κ2) is 7.14. The van der Waals surface area contributed by atoms with Crippen LogP contribution in [0.1, 0.15) is 71.9 Å². The Kier molecular flexibility index (Phi) is 6.12. The number of rotatable bonds is 7. The number of furan rings is 1. The minimum absolute atomic E-state index is 0.350. The second-order valence-corrected chi connectivity index (χ2v) is 6.87. The molecule has 0 aliphatic heterocycles. The van der Waals surface area contributed by atoms with E-state index >= 15 is 0 Å². The average Bonchev–Trinajstić information content (AvgIpc) is 2.74. The van der Waals surface area contributed by atoms with E-state index in [0.29, 0.717) is 17.4 Å². The Bertz CT molecular complexity index is 362. The van der Waals surface area contributed by atoms with Crippen LogP contribution in [0.5, 0.6) is 0 Å². The zero-order chi connectivity index (χ0) is 14.5. The molecule has 1 rings (SSSR count). The van der Waals surface area contributed by atoms with Crippen LogP contribution in [0.15, 0.2) is 16.5 Å². The minimum Gasteiger partial charge on any atom is -0.464 e. The maximum atomic E-state index is 5.92. The van der Waals surface area contributed by atoms with Crippen LogP contribution >= 0.6 is 0 Å². The van der Waals surface area contributed by atoms with Crippen molar-refractivity contribution in [3.8, 4) is 0 Å². The van der Waals surface area contributed by atoms with Crippen LogP contribution in [0.2, 0.25) is 0 Å². The molecule has 110 valence electrons. The van der Waals surface area contributed by atoms with Gasteiger partial charge in [0.1, 0.15) is 11.5 Å². The zero-order valence-electron chi connectivity index (χ0n) is 13.5. The van der Waals surface area contributed by atoms with Crippen molar-refractivity contribution in [3.63, 3.8) is 0 Å². The Labute approximate surface area is 119 Å². The predicted octanol–water partition coefficient (Wildman–Crippen LogP) is 4.96. The largest absolute Gasteiger partial charge is 0.464 e. The van der Waals surface area contributed by atoms with E-state index in [1.54, 1.807) is 0 Å². The molecule has 2 unspecified atom stereocenters. The molecule has 0 aliphatic carbocycles. The fourth-order valence-corrected chi connectivity index (χ4v) is 2.85. The fraction of sp³-hybridized carbons (Fsp3) is 0.765. The van der Waals surface area contributed by atoms with Crippen molar-refractivity contribution in [2.45, 2.75) is 66.8 Å². The third-order valence-corrected chi connectivity index (χ3v) is 3.42. The topological polar surface area (TPSA) is 25.2 Å². The van der Waals surface area contributed by atoms with Crippen molar-refractivity contribution in [2.24, 2.45) is 11.3 Å². The standard InChI is InChI=1S/C17H31NO/c1-7-14-9-10-16(19-14)15(18-8-2)11-13(3)12-17(4,5)6/h9-10,13,15,18H,7-8,11-12H2,1-6H3. The molecule has 0 fully saturated rings. The minimum atomic E-state index is 0.350. The molecule has 0 bridgehead atoms. The SMILES string of the molecule is CCNC(CC(C)CC(C)(C)C)c1ccc(CC)o1. The molecule has 0 saturated carbocycles. The molecule has 0 radical (unpaired) electrons. The van der Waals surface area contributed by atoms with Crippen LogP contribution in [0.25, 0.3) is 0 Å². The van der Waals surface area contributed by atoms with Crippen molar-refractivity contribution in [3.05, 3.63) is 23.7 Å². The van der Waals surface area contributed by atoms with Gasteiger partial charge in [-0.05, 0) is 42.9 Å². The summed E-state index contributed by atoms with van der Waals surface area (Å²) in [4.78, 5) is 0. The van der Waals surface area contributed by atoms with E-state index in [1.807, 2.05) is 0 Å². The van der Waals surface area contributed by atoms with E-state index in [4.69, 9.17) is 4.42 Å². The summed E-state index contributed by atoms with van der Waals surface area (Å²) in [6.07, 6.45) is 3.36. The van der Waals surface area contributed by atoms with Crippen molar-refractivity contribution in [1.29, 1.82) is 0 Å². The van der Waals surface area contributed by atoms with Crippen molar-refractivity contribution in [1.82, 2.24) is 5.32 Å². The molecule has 0 aliphatic rings. The second-order valence-electron chi connectivity index (χ2n) is 6.87. The number of hydrogen-bond acceptors (Lipinski definition) is 2.